The van der Waals surface area contributed by atoms with Crippen molar-refractivity contribution in [3.8, 4) is 5.69 Å². The standard InChI is InChI=1S/C11H14N6O/c1-2-8(12)11(18)14-9-5-3-4-6-10(9)17-7-13-15-16-17/h3-8H,2,12H2,1H3,(H,14,18)/t8-/m1/s1. The van der Waals surface area contributed by atoms with Gasteiger partial charge in [-0.15, -0.1) is 5.10 Å². The third-order valence-corrected chi connectivity index (χ3v) is 2.53. The summed E-state index contributed by atoms with van der Waals surface area (Å²) in [5.74, 6) is -0.224. The van der Waals surface area contributed by atoms with Crippen molar-refractivity contribution < 1.29 is 4.79 Å². The lowest BCUT2D eigenvalue weighted by Gasteiger charge is -2.12. The van der Waals surface area contributed by atoms with Crippen LogP contribution in [0, 0.1) is 0 Å². The molecule has 1 atom stereocenters. The van der Waals surface area contributed by atoms with Crippen molar-refractivity contribution in [1.82, 2.24) is 20.2 Å². The number of rotatable bonds is 4. The van der Waals surface area contributed by atoms with Crippen LogP contribution >= 0.6 is 0 Å². The molecule has 0 aliphatic carbocycles. The summed E-state index contributed by atoms with van der Waals surface area (Å²) in [6.07, 6.45) is 2.05. The van der Waals surface area contributed by atoms with Gasteiger partial charge in [0, 0.05) is 0 Å². The van der Waals surface area contributed by atoms with Gasteiger partial charge in [0.1, 0.15) is 6.33 Å². The molecule has 0 spiro atoms. The van der Waals surface area contributed by atoms with E-state index < -0.39 is 6.04 Å². The lowest BCUT2D eigenvalue weighted by Crippen LogP contribution is -2.35. The Hall–Kier alpha value is -2.28. The van der Waals surface area contributed by atoms with Gasteiger partial charge in [0.2, 0.25) is 5.91 Å². The van der Waals surface area contributed by atoms with Gasteiger partial charge in [-0.05, 0) is 29.0 Å². The normalized spacial score (nSPS) is 12.1. The Morgan fingerprint density at radius 2 is 2.28 bits per heavy atom. The molecule has 3 N–H and O–H groups in total. The highest BCUT2D eigenvalue weighted by molar-refractivity contribution is 5.96. The minimum Gasteiger partial charge on any atom is -0.323 e. The molecule has 18 heavy (non-hydrogen) atoms. The average molecular weight is 246 g/mol. The van der Waals surface area contributed by atoms with Crippen LogP contribution < -0.4 is 11.1 Å². The minimum absolute atomic E-state index is 0.224. The molecule has 0 unspecified atom stereocenters. The van der Waals surface area contributed by atoms with Gasteiger partial charge in [0.15, 0.2) is 0 Å². The van der Waals surface area contributed by atoms with Gasteiger partial charge in [-0.1, -0.05) is 19.1 Å². The summed E-state index contributed by atoms with van der Waals surface area (Å²) in [7, 11) is 0. The Morgan fingerprint density at radius 1 is 1.50 bits per heavy atom. The van der Waals surface area contributed by atoms with Gasteiger partial charge in [-0.25, -0.2) is 0 Å². The Labute approximate surface area is 104 Å². The largest absolute Gasteiger partial charge is 0.323 e. The number of amides is 1. The molecule has 1 aromatic carbocycles. The predicted octanol–water partition coefficient (Wildman–Crippen LogP) is 0.338. The zero-order chi connectivity index (χ0) is 13.0. The molecule has 1 aromatic heterocycles. The van der Waals surface area contributed by atoms with Crippen LogP contribution in [0.1, 0.15) is 13.3 Å². The Morgan fingerprint density at radius 3 is 2.94 bits per heavy atom. The van der Waals surface area contributed by atoms with E-state index >= 15 is 0 Å². The highest BCUT2D eigenvalue weighted by Crippen LogP contribution is 2.18. The van der Waals surface area contributed by atoms with E-state index in [2.05, 4.69) is 20.8 Å². The molecule has 1 amide bonds. The van der Waals surface area contributed by atoms with E-state index in [1.807, 2.05) is 25.1 Å². The van der Waals surface area contributed by atoms with Crippen LogP contribution in [0.4, 0.5) is 5.69 Å². The second-order valence-electron chi connectivity index (χ2n) is 3.78. The number of hydrogen-bond donors (Lipinski definition) is 2. The number of carbonyl (C=O) groups excluding carboxylic acids is 1. The van der Waals surface area contributed by atoms with Crippen molar-refractivity contribution in [3.63, 3.8) is 0 Å². The first-order chi connectivity index (χ1) is 8.72. The monoisotopic (exact) mass is 246 g/mol. The summed E-state index contributed by atoms with van der Waals surface area (Å²) in [6.45, 7) is 1.86. The first kappa shape index (κ1) is 12.2. The SMILES string of the molecule is CC[C@@H](N)C(=O)Nc1ccccc1-n1cnnn1. The van der Waals surface area contributed by atoms with E-state index in [-0.39, 0.29) is 5.91 Å². The van der Waals surface area contributed by atoms with E-state index in [1.165, 1.54) is 11.0 Å². The number of para-hydroxylation sites is 2. The number of nitrogens with one attached hydrogen (secondary N) is 1. The summed E-state index contributed by atoms with van der Waals surface area (Å²) in [5, 5.41) is 13.7. The van der Waals surface area contributed by atoms with Crippen molar-refractivity contribution in [2.24, 2.45) is 5.73 Å². The third-order valence-electron chi connectivity index (χ3n) is 2.53. The fourth-order valence-electron chi connectivity index (χ4n) is 1.46. The highest BCUT2D eigenvalue weighted by atomic mass is 16.2. The number of nitrogens with two attached hydrogens (primary N) is 1. The van der Waals surface area contributed by atoms with Gasteiger partial charge < -0.3 is 11.1 Å². The van der Waals surface area contributed by atoms with E-state index in [1.54, 1.807) is 6.07 Å². The lowest BCUT2D eigenvalue weighted by molar-refractivity contribution is -0.117. The van der Waals surface area contributed by atoms with Crippen LogP contribution in [0.2, 0.25) is 0 Å². The molecule has 94 valence electrons. The topological polar surface area (TPSA) is 98.7 Å². The molecule has 7 heteroatoms. The molecule has 0 radical (unpaired) electrons. The first-order valence-electron chi connectivity index (χ1n) is 5.61. The summed E-state index contributed by atoms with van der Waals surface area (Å²) in [4.78, 5) is 11.8. The fourth-order valence-corrected chi connectivity index (χ4v) is 1.46. The maximum Gasteiger partial charge on any atom is 0.241 e. The van der Waals surface area contributed by atoms with Crippen molar-refractivity contribution in [2.45, 2.75) is 19.4 Å². The maximum absolute atomic E-state index is 11.8. The van der Waals surface area contributed by atoms with Gasteiger partial charge in [-0.2, -0.15) is 4.68 Å². The third kappa shape index (κ3) is 2.51. The molecule has 0 aliphatic heterocycles. The second kappa shape index (κ2) is 5.37. The van der Waals surface area contributed by atoms with Crippen LogP contribution in [-0.4, -0.2) is 32.2 Å². The molecule has 0 bridgehead atoms. The molecule has 0 fully saturated rings. The second-order valence-corrected chi connectivity index (χ2v) is 3.78. The van der Waals surface area contributed by atoms with Gasteiger partial charge in [0.05, 0.1) is 17.4 Å². The first-order valence-corrected chi connectivity index (χ1v) is 5.61. The summed E-state index contributed by atoms with van der Waals surface area (Å²) >= 11 is 0. The number of nitrogens with zero attached hydrogens (tertiary/aromatic N) is 4. The molecule has 0 aliphatic rings. The number of anilines is 1. The zero-order valence-corrected chi connectivity index (χ0v) is 9.95. The summed E-state index contributed by atoms with van der Waals surface area (Å²) < 4.78 is 1.48. The van der Waals surface area contributed by atoms with Crippen LogP contribution in [0.5, 0.6) is 0 Å². The Balaban J connectivity index is 2.26. The van der Waals surface area contributed by atoms with Crippen LogP contribution in [0.25, 0.3) is 5.69 Å². The maximum atomic E-state index is 11.8. The molecule has 7 nitrogen and oxygen atoms in total. The average Bonchev–Trinajstić information content (AvgIpc) is 2.92. The number of tetrazole rings is 1. The van der Waals surface area contributed by atoms with Gasteiger partial charge in [0.25, 0.3) is 0 Å². The highest BCUT2D eigenvalue weighted by Gasteiger charge is 2.13. The van der Waals surface area contributed by atoms with Crippen molar-refractivity contribution in [3.05, 3.63) is 30.6 Å². The molecule has 0 saturated carbocycles. The van der Waals surface area contributed by atoms with E-state index in [0.717, 1.165) is 0 Å². The smallest absolute Gasteiger partial charge is 0.241 e. The predicted molar refractivity (Wildman–Crippen MR) is 66.1 cm³/mol. The molecule has 1 heterocycles. The zero-order valence-electron chi connectivity index (χ0n) is 9.95. The Bertz CT molecular complexity index is 524. The quantitative estimate of drug-likeness (QED) is 0.810. The fraction of sp³-hybridized carbons (Fsp3) is 0.273. The van der Waals surface area contributed by atoms with Gasteiger partial charge >= 0.3 is 0 Å². The number of aromatic nitrogens is 4. The molecular weight excluding hydrogens is 232 g/mol. The molecule has 2 aromatic rings. The minimum atomic E-state index is -0.521. The van der Waals surface area contributed by atoms with E-state index in [4.69, 9.17) is 5.73 Å². The lowest BCUT2D eigenvalue weighted by atomic mass is 10.2. The van der Waals surface area contributed by atoms with Crippen LogP contribution in [0.15, 0.2) is 30.6 Å². The van der Waals surface area contributed by atoms with E-state index in [0.29, 0.717) is 17.8 Å². The van der Waals surface area contributed by atoms with Crippen LogP contribution in [0.3, 0.4) is 0 Å². The summed E-state index contributed by atoms with van der Waals surface area (Å²) in [5.41, 5.74) is 6.99. The van der Waals surface area contributed by atoms with Crippen molar-refractivity contribution in [1.29, 1.82) is 0 Å². The summed E-state index contributed by atoms with van der Waals surface area (Å²) in [6, 6.07) is 6.72. The molecular formula is C11H14N6O. The Kier molecular flexibility index (Phi) is 3.63. The molecule has 2 rings (SSSR count). The number of hydrogen-bond acceptors (Lipinski definition) is 5. The van der Waals surface area contributed by atoms with E-state index in [9.17, 15) is 4.79 Å². The van der Waals surface area contributed by atoms with Crippen molar-refractivity contribution in [2.75, 3.05) is 5.32 Å². The van der Waals surface area contributed by atoms with Crippen LogP contribution in [-0.2, 0) is 4.79 Å². The van der Waals surface area contributed by atoms with Crippen molar-refractivity contribution >= 4 is 11.6 Å². The molecule has 0 saturated heterocycles. The number of benzene rings is 1. The number of carbonyl (C=O) groups is 1. The van der Waals surface area contributed by atoms with Gasteiger partial charge in [-0.3, -0.25) is 4.79 Å².